The second-order valence-electron chi connectivity index (χ2n) is 7.45. The summed E-state index contributed by atoms with van der Waals surface area (Å²) in [6.07, 6.45) is 5.83. The fourth-order valence-corrected chi connectivity index (χ4v) is 2.88. The lowest BCUT2D eigenvalue weighted by Gasteiger charge is -2.33. The number of hydrogen-bond acceptors (Lipinski definition) is 3. The standard InChI is InChI=1S/C17H34N2O2/c1-6-13(2)11-14(15-9-7-8-10-18-15)12-19-16(20)21-17(3,4)5/h13-15,18H,6-12H2,1-5H3,(H,19,20)/t13-,14-,15+/m0/s1. The van der Waals surface area contributed by atoms with Gasteiger partial charge in [-0.3, -0.25) is 0 Å². The maximum Gasteiger partial charge on any atom is 0.407 e. The van der Waals surface area contributed by atoms with Crippen molar-refractivity contribution < 1.29 is 9.53 Å². The van der Waals surface area contributed by atoms with Crippen molar-refractivity contribution in [1.82, 2.24) is 10.6 Å². The van der Waals surface area contributed by atoms with Crippen LogP contribution in [0, 0.1) is 11.8 Å². The molecular weight excluding hydrogens is 264 g/mol. The van der Waals surface area contributed by atoms with Crippen molar-refractivity contribution >= 4 is 6.09 Å². The molecule has 0 aliphatic carbocycles. The summed E-state index contributed by atoms with van der Waals surface area (Å²) in [7, 11) is 0. The van der Waals surface area contributed by atoms with Gasteiger partial charge in [0.1, 0.15) is 5.60 Å². The van der Waals surface area contributed by atoms with Crippen LogP contribution >= 0.6 is 0 Å². The topological polar surface area (TPSA) is 50.4 Å². The van der Waals surface area contributed by atoms with E-state index in [4.69, 9.17) is 4.74 Å². The molecule has 1 rings (SSSR count). The number of alkyl carbamates (subject to hydrolysis) is 1. The summed E-state index contributed by atoms with van der Waals surface area (Å²) in [5.74, 6) is 1.19. The molecule has 0 aromatic carbocycles. The van der Waals surface area contributed by atoms with Crippen molar-refractivity contribution in [2.75, 3.05) is 13.1 Å². The highest BCUT2D eigenvalue weighted by Gasteiger charge is 2.26. The number of carbonyl (C=O) groups excluding carboxylic acids is 1. The second kappa shape index (κ2) is 8.62. The van der Waals surface area contributed by atoms with Gasteiger partial charge in [-0.15, -0.1) is 0 Å². The van der Waals surface area contributed by atoms with Crippen LogP contribution in [0.2, 0.25) is 0 Å². The molecule has 4 nitrogen and oxygen atoms in total. The fraction of sp³-hybridized carbons (Fsp3) is 0.941. The number of amides is 1. The van der Waals surface area contributed by atoms with Crippen LogP contribution in [-0.4, -0.2) is 30.8 Å². The molecule has 0 aromatic rings. The first-order valence-corrected chi connectivity index (χ1v) is 8.52. The minimum absolute atomic E-state index is 0.299. The average Bonchev–Trinajstić information content (AvgIpc) is 2.42. The molecule has 1 aliphatic rings. The van der Waals surface area contributed by atoms with E-state index in [1.54, 1.807) is 0 Å². The van der Waals surface area contributed by atoms with Crippen LogP contribution in [0.15, 0.2) is 0 Å². The Balaban J connectivity index is 2.49. The molecule has 124 valence electrons. The lowest BCUT2D eigenvalue weighted by Crippen LogP contribution is -2.46. The van der Waals surface area contributed by atoms with Gasteiger partial charge in [-0.25, -0.2) is 4.79 Å². The second-order valence-corrected chi connectivity index (χ2v) is 7.45. The lowest BCUT2D eigenvalue weighted by molar-refractivity contribution is 0.0510. The Bertz CT molecular complexity index is 306. The third kappa shape index (κ3) is 7.70. The highest BCUT2D eigenvalue weighted by Crippen LogP contribution is 2.23. The normalized spacial score (nSPS) is 22.4. The predicted octanol–water partition coefficient (Wildman–Crippen LogP) is 3.71. The Morgan fingerprint density at radius 3 is 2.62 bits per heavy atom. The molecule has 0 radical (unpaired) electrons. The largest absolute Gasteiger partial charge is 0.444 e. The van der Waals surface area contributed by atoms with Crippen LogP contribution in [-0.2, 0) is 4.74 Å². The summed E-state index contributed by atoms with van der Waals surface area (Å²) in [6.45, 7) is 12.0. The van der Waals surface area contributed by atoms with Crippen LogP contribution < -0.4 is 10.6 Å². The zero-order valence-electron chi connectivity index (χ0n) is 14.5. The third-order valence-electron chi connectivity index (χ3n) is 4.23. The lowest BCUT2D eigenvalue weighted by atomic mass is 9.84. The zero-order chi connectivity index (χ0) is 15.9. The van der Waals surface area contributed by atoms with Gasteiger partial charge in [0.2, 0.25) is 0 Å². The number of rotatable bonds is 6. The molecular formula is C17H34N2O2. The molecule has 4 heteroatoms. The molecule has 0 aromatic heterocycles. The van der Waals surface area contributed by atoms with Crippen molar-refractivity contribution in [2.45, 2.75) is 78.4 Å². The minimum atomic E-state index is -0.431. The molecule has 0 saturated carbocycles. The summed E-state index contributed by atoms with van der Waals surface area (Å²) >= 11 is 0. The molecule has 3 atom stereocenters. The summed E-state index contributed by atoms with van der Waals surface area (Å²) in [6, 6.07) is 0.530. The number of piperidine rings is 1. The van der Waals surface area contributed by atoms with Gasteiger partial charge in [0, 0.05) is 12.6 Å². The molecule has 2 N–H and O–H groups in total. The Kier molecular flexibility index (Phi) is 7.50. The Morgan fingerprint density at radius 2 is 2.10 bits per heavy atom. The van der Waals surface area contributed by atoms with Gasteiger partial charge in [-0.2, -0.15) is 0 Å². The fourth-order valence-electron chi connectivity index (χ4n) is 2.88. The predicted molar refractivity (Wildman–Crippen MR) is 87.4 cm³/mol. The first kappa shape index (κ1) is 18.3. The number of nitrogens with one attached hydrogen (secondary N) is 2. The molecule has 0 spiro atoms. The summed E-state index contributed by atoms with van der Waals surface area (Å²) in [5, 5.41) is 6.59. The molecule has 21 heavy (non-hydrogen) atoms. The highest BCUT2D eigenvalue weighted by atomic mass is 16.6. The van der Waals surface area contributed by atoms with Crippen molar-refractivity contribution in [1.29, 1.82) is 0 Å². The summed E-state index contributed by atoms with van der Waals surface area (Å²) in [4.78, 5) is 11.8. The zero-order valence-corrected chi connectivity index (χ0v) is 14.5. The highest BCUT2D eigenvalue weighted by molar-refractivity contribution is 5.67. The molecule has 1 aliphatic heterocycles. The monoisotopic (exact) mass is 298 g/mol. The van der Waals surface area contributed by atoms with E-state index >= 15 is 0 Å². The number of carbonyl (C=O) groups is 1. The average molecular weight is 298 g/mol. The van der Waals surface area contributed by atoms with E-state index in [1.807, 2.05) is 20.8 Å². The van der Waals surface area contributed by atoms with Crippen LogP contribution in [0.25, 0.3) is 0 Å². The molecule has 1 amide bonds. The number of ether oxygens (including phenoxy) is 1. The van der Waals surface area contributed by atoms with Crippen molar-refractivity contribution in [3.05, 3.63) is 0 Å². The Morgan fingerprint density at radius 1 is 1.38 bits per heavy atom. The Hall–Kier alpha value is -0.770. The third-order valence-corrected chi connectivity index (χ3v) is 4.23. The van der Waals surface area contributed by atoms with Gasteiger partial charge >= 0.3 is 6.09 Å². The van der Waals surface area contributed by atoms with E-state index in [9.17, 15) is 4.79 Å². The maximum atomic E-state index is 11.8. The SMILES string of the molecule is CC[C@H](C)C[C@@H](CNC(=O)OC(C)(C)C)[C@H]1CCCCN1. The first-order chi connectivity index (χ1) is 9.81. The van der Waals surface area contributed by atoms with Crippen molar-refractivity contribution in [3.63, 3.8) is 0 Å². The maximum absolute atomic E-state index is 11.8. The number of hydrogen-bond donors (Lipinski definition) is 2. The molecule has 1 heterocycles. The van der Waals surface area contributed by atoms with E-state index in [0.717, 1.165) is 13.0 Å². The van der Waals surface area contributed by atoms with Crippen LogP contribution in [0.1, 0.15) is 66.7 Å². The van der Waals surface area contributed by atoms with Gasteiger partial charge in [0.25, 0.3) is 0 Å². The van der Waals surface area contributed by atoms with E-state index in [2.05, 4.69) is 24.5 Å². The minimum Gasteiger partial charge on any atom is -0.444 e. The summed E-state index contributed by atoms with van der Waals surface area (Å²) < 4.78 is 5.34. The molecule has 1 fully saturated rings. The first-order valence-electron chi connectivity index (χ1n) is 8.52. The van der Waals surface area contributed by atoms with Gasteiger partial charge in [-0.05, 0) is 58.4 Å². The molecule has 0 bridgehead atoms. The van der Waals surface area contributed by atoms with E-state index in [1.165, 1.54) is 25.7 Å². The van der Waals surface area contributed by atoms with E-state index in [-0.39, 0.29) is 6.09 Å². The van der Waals surface area contributed by atoms with E-state index in [0.29, 0.717) is 24.4 Å². The van der Waals surface area contributed by atoms with Gasteiger partial charge in [-0.1, -0.05) is 26.7 Å². The van der Waals surface area contributed by atoms with E-state index < -0.39 is 5.60 Å². The van der Waals surface area contributed by atoms with Gasteiger partial charge in [0.05, 0.1) is 0 Å². The van der Waals surface area contributed by atoms with Crippen molar-refractivity contribution in [2.24, 2.45) is 11.8 Å². The van der Waals surface area contributed by atoms with Crippen LogP contribution in [0.4, 0.5) is 4.79 Å². The molecule has 1 saturated heterocycles. The summed E-state index contributed by atoms with van der Waals surface area (Å²) in [5.41, 5.74) is -0.431. The smallest absolute Gasteiger partial charge is 0.407 e. The quantitative estimate of drug-likeness (QED) is 0.786. The van der Waals surface area contributed by atoms with Gasteiger partial charge in [0.15, 0.2) is 0 Å². The van der Waals surface area contributed by atoms with Gasteiger partial charge < -0.3 is 15.4 Å². The Labute approximate surface area is 130 Å². The van der Waals surface area contributed by atoms with Crippen molar-refractivity contribution in [3.8, 4) is 0 Å². The van der Waals surface area contributed by atoms with Crippen LogP contribution in [0.3, 0.4) is 0 Å². The van der Waals surface area contributed by atoms with Crippen LogP contribution in [0.5, 0.6) is 0 Å². The molecule has 0 unspecified atom stereocenters.